The number of hydrogen-bond donors (Lipinski definition) is 1. The maximum Gasteiger partial charge on any atom is 0.0975 e. The van der Waals surface area contributed by atoms with Crippen molar-refractivity contribution in [1.82, 2.24) is 10.3 Å². The van der Waals surface area contributed by atoms with Crippen molar-refractivity contribution >= 4 is 11.3 Å². The van der Waals surface area contributed by atoms with Crippen molar-refractivity contribution in [2.24, 2.45) is 0 Å². The van der Waals surface area contributed by atoms with Crippen LogP contribution in [-0.2, 0) is 13.0 Å². The molecule has 0 spiro atoms. The molecule has 1 aromatic heterocycles. The molecular formula is C17H24N2S. The molecular weight excluding hydrogens is 264 g/mol. The molecule has 0 bridgehead atoms. The van der Waals surface area contributed by atoms with Gasteiger partial charge in [0.25, 0.3) is 0 Å². The molecule has 0 aliphatic carbocycles. The molecule has 20 heavy (non-hydrogen) atoms. The average Bonchev–Trinajstić information content (AvgIpc) is 2.75. The molecule has 2 aromatic rings. The highest BCUT2D eigenvalue weighted by Gasteiger charge is 2.08. The van der Waals surface area contributed by atoms with Gasteiger partial charge in [0, 0.05) is 17.8 Å². The third kappa shape index (κ3) is 3.90. The van der Waals surface area contributed by atoms with Crippen LogP contribution in [0.3, 0.4) is 0 Å². The zero-order valence-corrected chi connectivity index (χ0v) is 13.7. The Balaban J connectivity index is 2.05. The molecule has 0 unspecified atom stereocenters. The fraction of sp³-hybridized carbons (Fsp3) is 0.471. The molecule has 1 heterocycles. The van der Waals surface area contributed by atoms with Gasteiger partial charge in [-0.05, 0) is 50.4 Å². The van der Waals surface area contributed by atoms with Crippen LogP contribution in [0.5, 0.6) is 0 Å². The van der Waals surface area contributed by atoms with Gasteiger partial charge >= 0.3 is 0 Å². The highest BCUT2D eigenvalue weighted by molar-refractivity contribution is 7.11. The maximum atomic E-state index is 4.72. The Bertz CT molecular complexity index is 572. The van der Waals surface area contributed by atoms with Gasteiger partial charge in [-0.2, -0.15) is 0 Å². The van der Waals surface area contributed by atoms with Crippen LogP contribution in [0.1, 0.15) is 45.6 Å². The number of nitrogens with one attached hydrogen (secondary N) is 1. The lowest BCUT2D eigenvalue weighted by atomic mass is 10.0. The van der Waals surface area contributed by atoms with Crippen LogP contribution in [-0.4, -0.2) is 11.5 Å². The summed E-state index contributed by atoms with van der Waals surface area (Å²) in [5, 5.41) is 4.68. The smallest absolute Gasteiger partial charge is 0.0975 e. The summed E-state index contributed by atoms with van der Waals surface area (Å²) in [7, 11) is 0. The Morgan fingerprint density at radius 1 is 1.15 bits per heavy atom. The first-order valence-electron chi connectivity index (χ1n) is 7.32. The summed E-state index contributed by atoms with van der Waals surface area (Å²) in [5.41, 5.74) is 5.25. The Morgan fingerprint density at radius 2 is 1.95 bits per heavy atom. The van der Waals surface area contributed by atoms with E-state index >= 15 is 0 Å². The second-order valence-electron chi connectivity index (χ2n) is 5.39. The second kappa shape index (κ2) is 7.00. The summed E-state index contributed by atoms with van der Waals surface area (Å²) in [4.78, 5) is 6.09. The third-order valence-electron chi connectivity index (χ3n) is 3.58. The average molecular weight is 288 g/mol. The number of aryl methyl sites for hydroxylation is 3. The maximum absolute atomic E-state index is 4.72. The van der Waals surface area contributed by atoms with Crippen molar-refractivity contribution in [2.45, 2.75) is 47.1 Å². The first-order valence-corrected chi connectivity index (χ1v) is 8.13. The molecule has 0 saturated heterocycles. The molecule has 1 aromatic carbocycles. The van der Waals surface area contributed by atoms with Crippen LogP contribution < -0.4 is 5.32 Å². The molecule has 108 valence electrons. The molecule has 1 N–H and O–H groups in total. The third-order valence-corrected chi connectivity index (χ3v) is 4.73. The number of nitrogens with zero attached hydrogens (tertiary/aromatic N) is 1. The van der Waals surface area contributed by atoms with Crippen molar-refractivity contribution in [3.05, 3.63) is 50.5 Å². The summed E-state index contributed by atoms with van der Waals surface area (Å²) in [6.45, 7) is 10.7. The molecule has 3 heteroatoms. The lowest BCUT2D eigenvalue weighted by Gasteiger charge is -2.03. The molecule has 2 rings (SSSR count). The molecule has 2 nitrogen and oxygen atoms in total. The molecule has 0 saturated carbocycles. The molecule has 0 radical (unpaired) electrons. The van der Waals surface area contributed by atoms with Gasteiger partial charge < -0.3 is 5.32 Å². The van der Waals surface area contributed by atoms with Gasteiger partial charge in [0.2, 0.25) is 0 Å². The van der Waals surface area contributed by atoms with Gasteiger partial charge in [-0.15, -0.1) is 11.3 Å². The SMILES string of the molecule is CCCNCc1sc(Cc2ccc(C)c(C)c2)nc1C. The van der Waals surface area contributed by atoms with Gasteiger partial charge in [0.05, 0.1) is 10.7 Å². The second-order valence-corrected chi connectivity index (χ2v) is 6.56. The van der Waals surface area contributed by atoms with E-state index in [-0.39, 0.29) is 0 Å². The highest BCUT2D eigenvalue weighted by Crippen LogP contribution is 2.21. The van der Waals surface area contributed by atoms with E-state index in [9.17, 15) is 0 Å². The van der Waals surface area contributed by atoms with E-state index < -0.39 is 0 Å². The summed E-state index contributed by atoms with van der Waals surface area (Å²) in [6, 6.07) is 6.70. The summed E-state index contributed by atoms with van der Waals surface area (Å²) < 4.78 is 0. The van der Waals surface area contributed by atoms with Gasteiger partial charge in [0.1, 0.15) is 0 Å². The molecule has 0 amide bonds. The van der Waals surface area contributed by atoms with E-state index in [4.69, 9.17) is 4.98 Å². The molecule has 0 aliphatic rings. The van der Waals surface area contributed by atoms with Crippen LogP contribution in [0.2, 0.25) is 0 Å². The first-order chi connectivity index (χ1) is 9.60. The summed E-state index contributed by atoms with van der Waals surface area (Å²) in [5.74, 6) is 0. The fourth-order valence-electron chi connectivity index (χ4n) is 2.19. The Morgan fingerprint density at radius 3 is 2.65 bits per heavy atom. The van der Waals surface area contributed by atoms with Crippen molar-refractivity contribution in [2.75, 3.05) is 6.54 Å². The highest BCUT2D eigenvalue weighted by atomic mass is 32.1. The topological polar surface area (TPSA) is 24.9 Å². The van der Waals surface area contributed by atoms with Gasteiger partial charge in [-0.1, -0.05) is 25.1 Å². The lowest BCUT2D eigenvalue weighted by molar-refractivity contribution is 0.678. The molecule has 0 aliphatic heterocycles. The number of rotatable bonds is 6. The van der Waals surface area contributed by atoms with Crippen LogP contribution in [0.4, 0.5) is 0 Å². The monoisotopic (exact) mass is 288 g/mol. The predicted octanol–water partition coefficient (Wildman–Crippen LogP) is 4.16. The standard InChI is InChI=1S/C17H24N2S/c1-5-8-18-11-16-14(4)19-17(20-16)10-15-7-6-12(2)13(3)9-15/h6-7,9,18H,5,8,10-11H2,1-4H3. The zero-order valence-electron chi connectivity index (χ0n) is 12.9. The summed E-state index contributed by atoms with van der Waals surface area (Å²) in [6.07, 6.45) is 2.12. The number of benzene rings is 1. The van der Waals surface area contributed by atoms with E-state index in [1.54, 1.807) is 0 Å². The van der Waals surface area contributed by atoms with E-state index in [0.717, 1.165) is 19.5 Å². The quantitative estimate of drug-likeness (QED) is 0.807. The largest absolute Gasteiger partial charge is 0.312 e. The normalized spacial score (nSPS) is 11.0. The Labute approximate surface area is 126 Å². The van der Waals surface area contributed by atoms with Crippen molar-refractivity contribution in [3.8, 4) is 0 Å². The number of hydrogen-bond acceptors (Lipinski definition) is 3. The van der Waals surface area contributed by atoms with E-state index in [1.807, 2.05) is 11.3 Å². The first kappa shape index (κ1) is 15.2. The fourth-order valence-corrected chi connectivity index (χ4v) is 3.27. The van der Waals surface area contributed by atoms with E-state index in [2.05, 4.69) is 51.2 Å². The van der Waals surface area contributed by atoms with Crippen LogP contribution >= 0.6 is 11.3 Å². The molecule has 0 atom stereocenters. The number of thiazole rings is 1. The lowest BCUT2D eigenvalue weighted by Crippen LogP contribution is -2.13. The Kier molecular flexibility index (Phi) is 5.32. The van der Waals surface area contributed by atoms with Crippen molar-refractivity contribution in [3.63, 3.8) is 0 Å². The van der Waals surface area contributed by atoms with Crippen LogP contribution in [0.15, 0.2) is 18.2 Å². The van der Waals surface area contributed by atoms with Crippen molar-refractivity contribution < 1.29 is 0 Å². The Hall–Kier alpha value is -1.19. The van der Waals surface area contributed by atoms with Gasteiger partial charge in [-0.3, -0.25) is 0 Å². The van der Waals surface area contributed by atoms with E-state index in [0.29, 0.717) is 0 Å². The summed E-state index contributed by atoms with van der Waals surface area (Å²) >= 11 is 1.84. The van der Waals surface area contributed by atoms with Gasteiger partial charge in [0.15, 0.2) is 0 Å². The van der Waals surface area contributed by atoms with Gasteiger partial charge in [-0.25, -0.2) is 4.98 Å². The van der Waals surface area contributed by atoms with Crippen LogP contribution in [0, 0.1) is 20.8 Å². The minimum Gasteiger partial charge on any atom is -0.312 e. The van der Waals surface area contributed by atoms with Crippen molar-refractivity contribution in [1.29, 1.82) is 0 Å². The number of aromatic nitrogens is 1. The predicted molar refractivity (Wildman–Crippen MR) is 87.6 cm³/mol. The van der Waals surface area contributed by atoms with E-state index in [1.165, 1.54) is 38.7 Å². The zero-order chi connectivity index (χ0) is 14.5. The molecule has 0 fully saturated rings. The minimum absolute atomic E-state index is 0.945. The minimum atomic E-state index is 0.945. The van der Waals surface area contributed by atoms with Crippen LogP contribution in [0.25, 0.3) is 0 Å².